The first-order valence-corrected chi connectivity index (χ1v) is 8.16. The van der Waals surface area contributed by atoms with Crippen molar-refractivity contribution in [3.63, 3.8) is 0 Å². The predicted molar refractivity (Wildman–Crippen MR) is 83.6 cm³/mol. The number of carbonyl (C=O) groups is 1. The normalized spacial score (nSPS) is 14.2. The van der Waals surface area contributed by atoms with Crippen molar-refractivity contribution < 1.29 is 4.79 Å². The molecule has 116 valence electrons. The molecular formula is C14H22N4O2S. The van der Waals surface area contributed by atoms with Crippen LogP contribution in [0.25, 0.3) is 0 Å². The van der Waals surface area contributed by atoms with E-state index in [0.29, 0.717) is 11.6 Å². The van der Waals surface area contributed by atoms with Crippen molar-refractivity contribution in [2.24, 2.45) is 5.73 Å². The summed E-state index contributed by atoms with van der Waals surface area (Å²) in [6, 6.07) is 0. The Morgan fingerprint density at radius 2 is 2.10 bits per heavy atom. The van der Waals surface area contributed by atoms with E-state index < -0.39 is 0 Å². The highest BCUT2D eigenvalue weighted by atomic mass is 32.2. The second kappa shape index (κ2) is 7.09. The van der Waals surface area contributed by atoms with Gasteiger partial charge in [0, 0.05) is 24.3 Å². The van der Waals surface area contributed by atoms with Gasteiger partial charge in [-0.25, -0.2) is 4.79 Å². The van der Waals surface area contributed by atoms with Crippen LogP contribution in [0.2, 0.25) is 0 Å². The first-order valence-electron chi connectivity index (χ1n) is 7.17. The summed E-state index contributed by atoms with van der Waals surface area (Å²) >= 11 is 1.28. The number of aromatic nitrogens is 2. The van der Waals surface area contributed by atoms with E-state index in [-0.39, 0.29) is 17.3 Å². The van der Waals surface area contributed by atoms with Crippen LogP contribution in [0.1, 0.15) is 24.1 Å². The van der Waals surface area contributed by atoms with Crippen molar-refractivity contribution in [1.82, 2.24) is 14.5 Å². The maximum Gasteiger partial charge on any atom is 0.348 e. The fourth-order valence-corrected chi connectivity index (χ4v) is 3.35. The van der Waals surface area contributed by atoms with E-state index in [1.165, 1.54) is 11.8 Å². The van der Waals surface area contributed by atoms with Gasteiger partial charge in [0.15, 0.2) is 0 Å². The van der Waals surface area contributed by atoms with Crippen molar-refractivity contribution in [3.8, 4) is 0 Å². The van der Waals surface area contributed by atoms with Gasteiger partial charge in [-0.2, -0.15) is 4.98 Å². The molecule has 0 atom stereocenters. The molecular weight excluding hydrogens is 288 g/mol. The summed E-state index contributed by atoms with van der Waals surface area (Å²) in [4.78, 5) is 29.5. The number of thioether (sulfide) groups is 1. The molecule has 1 aliphatic carbocycles. The Labute approximate surface area is 128 Å². The van der Waals surface area contributed by atoms with Gasteiger partial charge in [0.05, 0.1) is 5.75 Å². The minimum Gasteiger partial charge on any atom is -0.369 e. The summed E-state index contributed by atoms with van der Waals surface area (Å²) in [5, 5.41) is 0.689. The highest BCUT2D eigenvalue weighted by Crippen LogP contribution is 2.28. The second-order valence-electron chi connectivity index (χ2n) is 5.54. The third kappa shape index (κ3) is 4.07. The Balaban J connectivity index is 2.35. The van der Waals surface area contributed by atoms with E-state index in [9.17, 15) is 9.59 Å². The van der Waals surface area contributed by atoms with Gasteiger partial charge in [0.1, 0.15) is 5.03 Å². The number of hydrogen-bond donors (Lipinski definition) is 1. The molecule has 1 aromatic rings. The molecule has 0 fully saturated rings. The molecule has 0 bridgehead atoms. The van der Waals surface area contributed by atoms with E-state index in [0.717, 1.165) is 43.5 Å². The number of rotatable bonds is 6. The Morgan fingerprint density at radius 1 is 1.38 bits per heavy atom. The molecule has 1 aliphatic rings. The van der Waals surface area contributed by atoms with Gasteiger partial charge in [-0.3, -0.25) is 9.36 Å². The first-order chi connectivity index (χ1) is 9.99. The van der Waals surface area contributed by atoms with Crippen molar-refractivity contribution in [2.45, 2.75) is 37.3 Å². The van der Waals surface area contributed by atoms with Gasteiger partial charge in [0.2, 0.25) is 5.91 Å². The third-order valence-electron chi connectivity index (χ3n) is 3.57. The first kappa shape index (κ1) is 16.0. The number of carbonyl (C=O) groups excluding carboxylic acids is 1. The van der Waals surface area contributed by atoms with Crippen molar-refractivity contribution in [2.75, 3.05) is 26.4 Å². The van der Waals surface area contributed by atoms with Crippen LogP contribution in [0, 0.1) is 0 Å². The van der Waals surface area contributed by atoms with Crippen LogP contribution in [0.3, 0.4) is 0 Å². The van der Waals surface area contributed by atoms with Crippen molar-refractivity contribution in [3.05, 3.63) is 21.7 Å². The average Bonchev–Trinajstić information content (AvgIpc) is 2.43. The lowest BCUT2D eigenvalue weighted by molar-refractivity contribution is -0.115. The standard InChI is InChI=1S/C14H22N4O2S/c1-17(2)7-8-18-11-6-4-3-5-10(11)13(16-14(18)20)21-9-12(15)19/h3-9H2,1-2H3,(H2,15,19). The molecule has 21 heavy (non-hydrogen) atoms. The van der Waals surface area contributed by atoms with Gasteiger partial charge >= 0.3 is 5.69 Å². The summed E-state index contributed by atoms with van der Waals surface area (Å²) in [6.45, 7) is 1.46. The lowest BCUT2D eigenvalue weighted by Gasteiger charge is -2.23. The van der Waals surface area contributed by atoms with Crippen molar-refractivity contribution in [1.29, 1.82) is 0 Å². The molecule has 6 nitrogen and oxygen atoms in total. The minimum absolute atomic E-state index is 0.167. The minimum atomic E-state index is -0.386. The maximum atomic E-state index is 12.3. The zero-order valence-corrected chi connectivity index (χ0v) is 13.4. The molecule has 0 saturated heterocycles. The van der Waals surface area contributed by atoms with Crippen LogP contribution in [0.15, 0.2) is 9.82 Å². The molecule has 0 unspecified atom stereocenters. The van der Waals surface area contributed by atoms with Gasteiger partial charge in [-0.1, -0.05) is 11.8 Å². The van der Waals surface area contributed by atoms with Crippen LogP contribution in [-0.4, -0.2) is 46.8 Å². The maximum absolute atomic E-state index is 12.3. The Hall–Kier alpha value is -1.34. The largest absolute Gasteiger partial charge is 0.369 e. The molecule has 0 spiro atoms. The zero-order chi connectivity index (χ0) is 15.4. The number of nitrogens with two attached hydrogens (primary N) is 1. The van der Waals surface area contributed by atoms with Crippen LogP contribution in [0.5, 0.6) is 0 Å². The summed E-state index contributed by atoms with van der Waals surface area (Å²) in [6.07, 6.45) is 4.03. The molecule has 7 heteroatoms. The van der Waals surface area contributed by atoms with Crippen LogP contribution < -0.4 is 11.4 Å². The quantitative estimate of drug-likeness (QED) is 0.602. The van der Waals surface area contributed by atoms with Crippen LogP contribution in [-0.2, 0) is 24.2 Å². The SMILES string of the molecule is CN(C)CCn1c2c(c(SCC(N)=O)nc1=O)CCCC2. The zero-order valence-electron chi connectivity index (χ0n) is 12.6. The molecule has 0 saturated carbocycles. The molecule has 0 aromatic carbocycles. The van der Waals surface area contributed by atoms with Crippen LogP contribution in [0.4, 0.5) is 0 Å². The average molecular weight is 310 g/mol. The Kier molecular flexibility index (Phi) is 5.41. The molecule has 0 aliphatic heterocycles. The van der Waals surface area contributed by atoms with Gasteiger partial charge < -0.3 is 10.6 Å². The molecule has 2 rings (SSSR count). The Bertz CT molecular complexity index is 583. The van der Waals surface area contributed by atoms with Crippen molar-refractivity contribution >= 4 is 17.7 Å². The third-order valence-corrected chi connectivity index (χ3v) is 4.61. The van der Waals surface area contributed by atoms with Gasteiger partial charge in [0.25, 0.3) is 0 Å². The number of primary amides is 1. The lowest BCUT2D eigenvalue weighted by Crippen LogP contribution is -2.33. The monoisotopic (exact) mass is 310 g/mol. The summed E-state index contributed by atoms with van der Waals surface area (Å²) < 4.78 is 1.79. The fraction of sp³-hybridized carbons (Fsp3) is 0.643. The summed E-state index contributed by atoms with van der Waals surface area (Å²) in [5.41, 5.74) is 7.19. The molecule has 1 heterocycles. The smallest absolute Gasteiger partial charge is 0.348 e. The van der Waals surface area contributed by atoms with Crippen LogP contribution >= 0.6 is 11.8 Å². The van der Waals surface area contributed by atoms with E-state index in [4.69, 9.17) is 5.73 Å². The fourth-order valence-electron chi connectivity index (χ4n) is 2.54. The predicted octanol–water partition coefficient (Wildman–Crippen LogP) is 0.261. The summed E-state index contributed by atoms with van der Waals surface area (Å²) in [5.74, 6) is -0.219. The van der Waals surface area contributed by atoms with E-state index in [2.05, 4.69) is 9.88 Å². The number of hydrogen-bond acceptors (Lipinski definition) is 5. The van der Waals surface area contributed by atoms with E-state index >= 15 is 0 Å². The van der Waals surface area contributed by atoms with Gasteiger partial charge in [-0.05, 0) is 39.8 Å². The lowest BCUT2D eigenvalue weighted by atomic mass is 9.97. The topological polar surface area (TPSA) is 81.2 Å². The molecule has 1 aromatic heterocycles. The second-order valence-corrected chi connectivity index (χ2v) is 6.51. The number of nitrogens with zero attached hydrogens (tertiary/aromatic N) is 3. The van der Waals surface area contributed by atoms with E-state index in [1.807, 2.05) is 14.1 Å². The summed E-state index contributed by atoms with van der Waals surface area (Å²) in [7, 11) is 3.98. The number of fused-ring (bicyclic) bond motifs is 1. The molecule has 2 N–H and O–H groups in total. The van der Waals surface area contributed by atoms with Gasteiger partial charge in [-0.15, -0.1) is 0 Å². The van der Waals surface area contributed by atoms with E-state index in [1.54, 1.807) is 4.57 Å². The highest BCUT2D eigenvalue weighted by molar-refractivity contribution is 7.99. The molecule has 0 radical (unpaired) electrons. The number of likely N-dealkylation sites (N-methyl/N-ethyl adjacent to an activating group) is 1. The molecule has 1 amide bonds. The highest BCUT2D eigenvalue weighted by Gasteiger charge is 2.20. The Morgan fingerprint density at radius 3 is 2.76 bits per heavy atom. The number of amides is 1.